The van der Waals surface area contributed by atoms with Crippen molar-refractivity contribution in [3.05, 3.63) is 0 Å². The zero-order valence-corrected chi connectivity index (χ0v) is 11.7. The van der Waals surface area contributed by atoms with Gasteiger partial charge in [-0.05, 0) is 26.2 Å². The molecule has 0 aromatic carbocycles. The molecule has 2 amide bonds. The van der Waals surface area contributed by atoms with E-state index in [1.54, 1.807) is 9.80 Å². The summed E-state index contributed by atoms with van der Waals surface area (Å²) >= 11 is 0. The Morgan fingerprint density at radius 2 is 1.95 bits per heavy atom. The number of carbonyl (C=O) groups excluding carboxylic acids is 1. The van der Waals surface area contributed by atoms with E-state index in [0.29, 0.717) is 45.4 Å². The van der Waals surface area contributed by atoms with Crippen molar-refractivity contribution in [2.75, 3.05) is 26.2 Å². The molecule has 0 aliphatic carbocycles. The number of amides is 2. The number of hydrogen-bond acceptors (Lipinski definition) is 2. The van der Waals surface area contributed by atoms with Gasteiger partial charge in [-0.15, -0.1) is 6.42 Å². The van der Waals surface area contributed by atoms with Crippen LogP contribution in [-0.2, 0) is 4.79 Å². The number of rotatable bonds is 4. The third kappa shape index (κ3) is 3.19. The maximum absolute atomic E-state index is 12.2. The van der Waals surface area contributed by atoms with Gasteiger partial charge in [-0.25, -0.2) is 4.79 Å². The van der Waals surface area contributed by atoms with Crippen molar-refractivity contribution in [3.63, 3.8) is 0 Å². The fourth-order valence-electron chi connectivity index (χ4n) is 2.47. The molecule has 1 aliphatic rings. The van der Waals surface area contributed by atoms with Crippen LogP contribution < -0.4 is 0 Å². The zero-order chi connectivity index (χ0) is 14.5. The molecule has 19 heavy (non-hydrogen) atoms. The van der Waals surface area contributed by atoms with Gasteiger partial charge in [0, 0.05) is 19.6 Å². The minimum absolute atomic E-state index is 0.0875. The first-order valence-corrected chi connectivity index (χ1v) is 6.71. The molecule has 0 aromatic heterocycles. The fourth-order valence-corrected chi connectivity index (χ4v) is 2.47. The molecular formula is C14H22N2O3. The molecule has 0 radical (unpaired) electrons. The average molecular weight is 266 g/mol. The highest BCUT2D eigenvalue weighted by Gasteiger charge is 2.41. The predicted octanol–water partition coefficient (Wildman–Crippen LogP) is 1.64. The normalized spacial score (nSPS) is 17.6. The largest absolute Gasteiger partial charge is 0.481 e. The molecular weight excluding hydrogens is 244 g/mol. The van der Waals surface area contributed by atoms with Crippen molar-refractivity contribution in [2.24, 2.45) is 5.41 Å². The van der Waals surface area contributed by atoms with Gasteiger partial charge in [-0.2, -0.15) is 0 Å². The Kier molecular flexibility index (Phi) is 5.22. The maximum atomic E-state index is 12.2. The molecule has 1 aliphatic heterocycles. The molecule has 1 saturated heterocycles. The molecule has 5 nitrogen and oxygen atoms in total. The Balaban J connectivity index is 2.65. The summed E-state index contributed by atoms with van der Waals surface area (Å²) in [5.41, 5.74) is -0.667. The van der Waals surface area contributed by atoms with Crippen LogP contribution in [0.2, 0.25) is 0 Å². The van der Waals surface area contributed by atoms with Crippen LogP contribution in [0.4, 0.5) is 4.79 Å². The first-order chi connectivity index (χ1) is 9.00. The van der Waals surface area contributed by atoms with Crippen molar-refractivity contribution in [2.45, 2.75) is 33.1 Å². The van der Waals surface area contributed by atoms with E-state index in [1.165, 1.54) is 0 Å². The first kappa shape index (κ1) is 15.4. The summed E-state index contributed by atoms with van der Waals surface area (Å²) in [6, 6.07) is -0.0875. The lowest BCUT2D eigenvalue weighted by Crippen LogP contribution is -2.50. The van der Waals surface area contributed by atoms with Gasteiger partial charge >= 0.3 is 12.0 Å². The van der Waals surface area contributed by atoms with E-state index in [2.05, 4.69) is 5.92 Å². The summed E-state index contributed by atoms with van der Waals surface area (Å²) in [4.78, 5) is 26.8. The zero-order valence-electron chi connectivity index (χ0n) is 11.7. The van der Waals surface area contributed by atoms with Gasteiger partial charge in [-0.1, -0.05) is 12.8 Å². The van der Waals surface area contributed by atoms with Crippen LogP contribution in [0.1, 0.15) is 33.1 Å². The van der Waals surface area contributed by atoms with Gasteiger partial charge in [-0.3, -0.25) is 4.79 Å². The first-order valence-electron chi connectivity index (χ1n) is 6.71. The second-order valence-corrected chi connectivity index (χ2v) is 4.93. The van der Waals surface area contributed by atoms with Crippen molar-refractivity contribution in [1.29, 1.82) is 0 Å². The van der Waals surface area contributed by atoms with Crippen LogP contribution in [0.25, 0.3) is 0 Å². The summed E-state index contributed by atoms with van der Waals surface area (Å²) in [6.45, 7) is 5.61. The van der Waals surface area contributed by atoms with Crippen LogP contribution in [0.3, 0.4) is 0 Å². The molecule has 1 rings (SSSR count). The number of piperidine rings is 1. The number of carbonyl (C=O) groups is 2. The second kappa shape index (κ2) is 6.46. The number of aliphatic carboxylic acids is 1. The molecule has 106 valence electrons. The highest BCUT2D eigenvalue weighted by Crippen LogP contribution is 2.35. The van der Waals surface area contributed by atoms with Crippen molar-refractivity contribution >= 4 is 12.0 Å². The highest BCUT2D eigenvalue weighted by atomic mass is 16.4. The quantitative estimate of drug-likeness (QED) is 0.787. The lowest BCUT2D eigenvalue weighted by molar-refractivity contribution is -0.152. The number of carboxylic acid groups (broad SMARTS) is 1. The second-order valence-electron chi connectivity index (χ2n) is 4.93. The molecule has 0 unspecified atom stereocenters. The molecule has 1 heterocycles. The number of hydrogen-bond donors (Lipinski definition) is 1. The molecule has 0 aromatic rings. The number of terminal acetylenes is 1. The lowest BCUT2D eigenvalue weighted by Gasteiger charge is -2.39. The third-order valence-electron chi connectivity index (χ3n) is 4.06. The van der Waals surface area contributed by atoms with Crippen LogP contribution >= 0.6 is 0 Å². The van der Waals surface area contributed by atoms with Crippen molar-refractivity contribution in [1.82, 2.24) is 9.80 Å². The Morgan fingerprint density at radius 3 is 2.32 bits per heavy atom. The number of likely N-dealkylation sites (tertiary alicyclic amines) is 1. The van der Waals surface area contributed by atoms with Crippen LogP contribution in [0.15, 0.2) is 0 Å². The molecule has 0 atom stereocenters. The molecule has 0 bridgehead atoms. The SMILES string of the molecule is C#CCN(CC)C(=O)N1CCC(CC)(C(=O)O)CC1. The standard InChI is InChI=1S/C14H22N2O3/c1-4-9-15(6-3)13(19)16-10-7-14(5-2,8-11-16)12(17)18/h1H,5-11H2,2-3H3,(H,17,18). The summed E-state index contributed by atoms with van der Waals surface area (Å²) < 4.78 is 0. The minimum Gasteiger partial charge on any atom is -0.481 e. The maximum Gasteiger partial charge on any atom is 0.320 e. The Labute approximate surface area is 114 Å². The van der Waals surface area contributed by atoms with E-state index in [-0.39, 0.29) is 6.03 Å². The summed E-state index contributed by atoms with van der Waals surface area (Å²) in [7, 11) is 0. The van der Waals surface area contributed by atoms with Crippen molar-refractivity contribution in [3.8, 4) is 12.3 Å². The lowest BCUT2D eigenvalue weighted by atomic mass is 9.76. The number of urea groups is 1. The molecule has 0 saturated carbocycles. The smallest absolute Gasteiger partial charge is 0.320 e. The van der Waals surface area contributed by atoms with E-state index in [1.807, 2.05) is 13.8 Å². The van der Waals surface area contributed by atoms with Gasteiger partial charge in [0.15, 0.2) is 0 Å². The average Bonchev–Trinajstić information content (AvgIpc) is 2.43. The Hall–Kier alpha value is -1.70. The third-order valence-corrected chi connectivity index (χ3v) is 4.06. The minimum atomic E-state index is -0.752. The van der Waals surface area contributed by atoms with E-state index < -0.39 is 11.4 Å². The van der Waals surface area contributed by atoms with Gasteiger partial charge in [0.1, 0.15) is 0 Å². The molecule has 5 heteroatoms. The number of nitrogens with zero attached hydrogens (tertiary/aromatic N) is 2. The topological polar surface area (TPSA) is 60.9 Å². The Bertz CT molecular complexity index is 379. The Morgan fingerprint density at radius 1 is 1.37 bits per heavy atom. The van der Waals surface area contributed by atoms with E-state index >= 15 is 0 Å². The molecule has 1 N–H and O–H groups in total. The van der Waals surface area contributed by atoms with Crippen LogP contribution in [-0.4, -0.2) is 53.1 Å². The van der Waals surface area contributed by atoms with Gasteiger partial charge in [0.2, 0.25) is 0 Å². The fraction of sp³-hybridized carbons (Fsp3) is 0.714. The predicted molar refractivity (Wildman–Crippen MR) is 72.6 cm³/mol. The van der Waals surface area contributed by atoms with E-state index in [9.17, 15) is 14.7 Å². The number of carboxylic acids is 1. The monoisotopic (exact) mass is 266 g/mol. The van der Waals surface area contributed by atoms with Gasteiger partial charge < -0.3 is 14.9 Å². The summed E-state index contributed by atoms with van der Waals surface area (Å²) in [5, 5.41) is 9.31. The van der Waals surface area contributed by atoms with Crippen LogP contribution in [0, 0.1) is 17.8 Å². The molecule has 1 fully saturated rings. The van der Waals surface area contributed by atoms with Crippen molar-refractivity contribution < 1.29 is 14.7 Å². The molecule has 0 spiro atoms. The van der Waals surface area contributed by atoms with E-state index in [4.69, 9.17) is 6.42 Å². The summed E-state index contributed by atoms with van der Waals surface area (Å²) in [6.07, 6.45) is 6.86. The summed E-state index contributed by atoms with van der Waals surface area (Å²) in [5.74, 6) is 1.72. The van der Waals surface area contributed by atoms with E-state index in [0.717, 1.165) is 0 Å². The van der Waals surface area contributed by atoms with Gasteiger partial charge in [0.25, 0.3) is 0 Å². The van der Waals surface area contributed by atoms with Crippen LogP contribution in [0.5, 0.6) is 0 Å². The highest BCUT2D eigenvalue weighted by molar-refractivity contribution is 5.77. The van der Waals surface area contributed by atoms with Gasteiger partial charge in [0.05, 0.1) is 12.0 Å².